The van der Waals surface area contributed by atoms with Gasteiger partial charge in [-0.1, -0.05) is 6.07 Å². The first kappa shape index (κ1) is 14.4. The number of nitrogens with zero attached hydrogens (tertiary/aromatic N) is 3. The smallest absolute Gasteiger partial charge is 0.292 e. The Kier molecular flexibility index (Phi) is 5.09. The Hall–Kier alpha value is -1.62. The lowest BCUT2D eigenvalue weighted by Crippen LogP contribution is -2.14. The molecule has 1 aromatic rings. The number of nitro groups is 1. The fourth-order valence-electron chi connectivity index (χ4n) is 1.85. The number of hydrogen-bond donors (Lipinski definition) is 0. The van der Waals surface area contributed by atoms with Gasteiger partial charge in [0.05, 0.1) is 4.92 Å². The molecular formula is C13H21N3O2. The van der Waals surface area contributed by atoms with E-state index in [0.29, 0.717) is 5.69 Å². The van der Waals surface area contributed by atoms with E-state index in [2.05, 4.69) is 4.90 Å². The van der Waals surface area contributed by atoms with E-state index in [1.807, 2.05) is 40.3 Å². The van der Waals surface area contributed by atoms with Crippen molar-refractivity contribution < 1.29 is 4.92 Å². The molecule has 0 spiro atoms. The minimum Gasteiger partial charge on any atom is -0.372 e. The summed E-state index contributed by atoms with van der Waals surface area (Å²) >= 11 is 0. The molecule has 100 valence electrons. The van der Waals surface area contributed by atoms with Crippen molar-refractivity contribution in [2.24, 2.45) is 0 Å². The molecule has 5 nitrogen and oxygen atoms in total. The van der Waals surface area contributed by atoms with Gasteiger partial charge < -0.3 is 9.80 Å². The highest BCUT2D eigenvalue weighted by Gasteiger charge is 2.15. The molecule has 0 heterocycles. The van der Waals surface area contributed by atoms with Crippen molar-refractivity contribution in [2.45, 2.75) is 12.8 Å². The molecule has 0 N–H and O–H groups in total. The maximum atomic E-state index is 11.0. The number of hydrogen-bond acceptors (Lipinski definition) is 4. The molecule has 1 aromatic carbocycles. The predicted octanol–water partition coefficient (Wildman–Crippen LogP) is 2.16. The molecule has 0 bridgehead atoms. The Morgan fingerprint density at radius 2 is 1.89 bits per heavy atom. The van der Waals surface area contributed by atoms with Crippen molar-refractivity contribution >= 4 is 11.4 Å². The third-order valence-electron chi connectivity index (χ3n) is 2.79. The van der Waals surface area contributed by atoms with E-state index in [9.17, 15) is 10.1 Å². The van der Waals surface area contributed by atoms with Crippen LogP contribution < -0.4 is 4.90 Å². The molecule has 0 fully saturated rings. The van der Waals surface area contributed by atoms with Crippen LogP contribution in [0.25, 0.3) is 0 Å². The summed E-state index contributed by atoms with van der Waals surface area (Å²) < 4.78 is 0. The second kappa shape index (κ2) is 6.35. The Balaban J connectivity index is 2.83. The van der Waals surface area contributed by atoms with Gasteiger partial charge >= 0.3 is 0 Å². The van der Waals surface area contributed by atoms with Gasteiger partial charge in [-0.2, -0.15) is 0 Å². The first-order valence-corrected chi connectivity index (χ1v) is 6.01. The first-order chi connectivity index (χ1) is 8.41. The van der Waals surface area contributed by atoms with E-state index in [4.69, 9.17) is 0 Å². The molecule has 1 rings (SSSR count). The van der Waals surface area contributed by atoms with E-state index in [1.165, 1.54) is 0 Å². The number of aryl methyl sites for hydroxylation is 1. The molecule has 0 saturated carbocycles. The van der Waals surface area contributed by atoms with Crippen molar-refractivity contribution in [3.05, 3.63) is 33.9 Å². The number of anilines is 1. The largest absolute Gasteiger partial charge is 0.372 e. The Morgan fingerprint density at radius 1 is 1.22 bits per heavy atom. The van der Waals surface area contributed by atoms with Gasteiger partial charge in [0.1, 0.15) is 5.69 Å². The van der Waals surface area contributed by atoms with Crippen LogP contribution in [0.4, 0.5) is 11.4 Å². The molecule has 0 aromatic heterocycles. The Morgan fingerprint density at radius 3 is 2.39 bits per heavy atom. The van der Waals surface area contributed by atoms with Crippen molar-refractivity contribution in [1.82, 2.24) is 4.90 Å². The maximum Gasteiger partial charge on any atom is 0.292 e. The molecular weight excluding hydrogens is 230 g/mol. The average Bonchev–Trinajstić information content (AvgIpc) is 2.28. The second-order valence-electron chi connectivity index (χ2n) is 4.88. The molecule has 0 aliphatic heterocycles. The molecule has 0 unspecified atom stereocenters. The van der Waals surface area contributed by atoms with Gasteiger partial charge in [-0.3, -0.25) is 10.1 Å². The Labute approximate surface area is 108 Å². The van der Waals surface area contributed by atoms with Gasteiger partial charge in [-0.05, 0) is 45.1 Å². The lowest BCUT2D eigenvalue weighted by Gasteiger charge is -2.14. The van der Waals surface area contributed by atoms with Crippen molar-refractivity contribution in [3.8, 4) is 0 Å². The summed E-state index contributed by atoms with van der Waals surface area (Å²) in [5.74, 6) is 0. The topological polar surface area (TPSA) is 49.6 Å². The molecule has 0 aliphatic rings. The maximum absolute atomic E-state index is 11.0. The van der Waals surface area contributed by atoms with E-state index >= 15 is 0 Å². The summed E-state index contributed by atoms with van der Waals surface area (Å²) in [6.07, 6.45) is 1.87. The molecule has 0 saturated heterocycles. The van der Waals surface area contributed by atoms with Gasteiger partial charge in [0, 0.05) is 20.2 Å². The van der Waals surface area contributed by atoms with Crippen LogP contribution in [0.1, 0.15) is 12.0 Å². The average molecular weight is 251 g/mol. The molecule has 0 amide bonds. The zero-order valence-corrected chi connectivity index (χ0v) is 11.5. The van der Waals surface area contributed by atoms with E-state index in [1.54, 1.807) is 11.0 Å². The summed E-state index contributed by atoms with van der Waals surface area (Å²) in [7, 11) is 7.68. The molecule has 0 atom stereocenters. The summed E-state index contributed by atoms with van der Waals surface area (Å²) in [6, 6.07) is 5.48. The zero-order valence-electron chi connectivity index (χ0n) is 11.5. The summed E-state index contributed by atoms with van der Waals surface area (Å²) in [5, 5.41) is 11.0. The number of nitro benzene ring substituents is 1. The van der Waals surface area contributed by atoms with Crippen LogP contribution in [-0.4, -0.2) is 44.6 Å². The third kappa shape index (κ3) is 4.00. The monoisotopic (exact) mass is 251 g/mol. The van der Waals surface area contributed by atoms with Crippen LogP contribution in [0.15, 0.2) is 18.2 Å². The summed E-state index contributed by atoms with van der Waals surface area (Å²) in [4.78, 5) is 14.6. The van der Waals surface area contributed by atoms with Crippen molar-refractivity contribution in [3.63, 3.8) is 0 Å². The van der Waals surface area contributed by atoms with Crippen LogP contribution in [0.5, 0.6) is 0 Å². The lowest BCUT2D eigenvalue weighted by atomic mass is 10.1. The van der Waals surface area contributed by atoms with Gasteiger partial charge in [0.15, 0.2) is 0 Å². The van der Waals surface area contributed by atoms with Crippen molar-refractivity contribution in [2.75, 3.05) is 39.6 Å². The highest BCUT2D eigenvalue weighted by molar-refractivity contribution is 5.63. The third-order valence-corrected chi connectivity index (χ3v) is 2.79. The van der Waals surface area contributed by atoms with E-state index < -0.39 is 0 Å². The summed E-state index contributed by atoms with van der Waals surface area (Å²) in [6.45, 7) is 0.989. The SMILES string of the molecule is CN(C)CCCc1ccc(N(C)C)c([N+](=O)[O-])c1. The highest BCUT2D eigenvalue weighted by Crippen LogP contribution is 2.28. The number of benzene rings is 1. The van der Waals surface area contributed by atoms with Crippen LogP contribution in [0.3, 0.4) is 0 Å². The quantitative estimate of drug-likeness (QED) is 0.574. The van der Waals surface area contributed by atoms with E-state index in [0.717, 1.165) is 24.9 Å². The van der Waals surface area contributed by atoms with Crippen LogP contribution in [0, 0.1) is 10.1 Å². The highest BCUT2D eigenvalue weighted by atomic mass is 16.6. The normalized spacial score (nSPS) is 10.7. The summed E-state index contributed by atoms with van der Waals surface area (Å²) in [5.41, 5.74) is 1.85. The fourth-order valence-corrected chi connectivity index (χ4v) is 1.85. The standard InChI is InChI=1S/C13H21N3O2/c1-14(2)9-5-6-11-7-8-12(15(3)4)13(10-11)16(17)18/h7-8,10H,5-6,9H2,1-4H3. The van der Waals surface area contributed by atoms with Crippen LogP contribution in [0.2, 0.25) is 0 Å². The van der Waals surface area contributed by atoms with Crippen LogP contribution in [-0.2, 0) is 6.42 Å². The Bertz CT molecular complexity index is 417. The van der Waals surface area contributed by atoms with E-state index in [-0.39, 0.29) is 10.6 Å². The van der Waals surface area contributed by atoms with Gasteiger partial charge in [0.25, 0.3) is 5.69 Å². The lowest BCUT2D eigenvalue weighted by molar-refractivity contribution is -0.384. The molecule has 0 radical (unpaired) electrons. The predicted molar refractivity (Wildman–Crippen MR) is 74.3 cm³/mol. The zero-order chi connectivity index (χ0) is 13.7. The van der Waals surface area contributed by atoms with Crippen LogP contribution >= 0.6 is 0 Å². The minimum absolute atomic E-state index is 0.183. The minimum atomic E-state index is -0.315. The fraction of sp³-hybridized carbons (Fsp3) is 0.538. The van der Waals surface area contributed by atoms with Gasteiger partial charge in [0.2, 0.25) is 0 Å². The molecule has 5 heteroatoms. The molecule has 18 heavy (non-hydrogen) atoms. The molecule has 0 aliphatic carbocycles. The second-order valence-corrected chi connectivity index (χ2v) is 4.88. The number of rotatable bonds is 6. The van der Waals surface area contributed by atoms with Gasteiger partial charge in [-0.15, -0.1) is 0 Å². The van der Waals surface area contributed by atoms with Crippen molar-refractivity contribution in [1.29, 1.82) is 0 Å². The first-order valence-electron chi connectivity index (χ1n) is 6.01. The van der Waals surface area contributed by atoms with Gasteiger partial charge in [-0.25, -0.2) is 0 Å².